The molecule has 0 aliphatic heterocycles. The molecule has 7 nitrogen and oxygen atoms in total. The van der Waals surface area contributed by atoms with Crippen LogP contribution in [0.3, 0.4) is 0 Å². The molecule has 0 aromatic rings. The van der Waals surface area contributed by atoms with Crippen LogP contribution in [0, 0.1) is 0 Å². The first-order chi connectivity index (χ1) is 16.5. The minimum atomic E-state index is -0.500. The van der Waals surface area contributed by atoms with E-state index in [0.29, 0.717) is 0 Å². The minimum absolute atomic E-state index is 0. The van der Waals surface area contributed by atoms with Gasteiger partial charge in [-0.15, -0.1) is 24.8 Å². The molecule has 0 amide bonds. The fourth-order valence-corrected chi connectivity index (χ4v) is 4.21. The van der Waals surface area contributed by atoms with E-state index in [2.05, 4.69) is 37.5 Å². The van der Waals surface area contributed by atoms with Crippen LogP contribution < -0.4 is 0 Å². The number of nitrogens with zero attached hydrogens (tertiary/aromatic N) is 2. The molecule has 38 heavy (non-hydrogen) atoms. The molecule has 0 aromatic heterocycles. The Labute approximate surface area is 248 Å². The average Bonchev–Trinajstić information content (AvgIpc) is 2.81. The summed E-state index contributed by atoms with van der Waals surface area (Å²) in [5, 5.41) is 0. The Morgan fingerprint density at radius 1 is 0.526 bits per heavy atom. The van der Waals surface area contributed by atoms with Crippen molar-refractivity contribution in [3.05, 3.63) is 0 Å². The lowest BCUT2D eigenvalue weighted by Crippen LogP contribution is -2.27. The summed E-state index contributed by atoms with van der Waals surface area (Å²) >= 11 is 0. The zero-order valence-electron chi connectivity index (χ0n) is 25.7. The molecule has 0 saturated carbocycles. The maximum Gasteiger partial charge on any atom is 0.508 e. The second kappa shape index (κ2) is 34.7. The fourth-order valence-electron chi connectivity index (χ4n) is 4.21. The minimum Gasteiger partial charge on any atom is -0.431 e. The first kappa shape index (κ1) is 47.5. The molecule has 0 fully saturated rings. The quantitative estimate of drug-likeness (QED) is 0.0865. The highest BCUT2D eigenvalue weighted by Gasteiger charge is 2.15. The van der Waals surface area contributed by atoms with E-state index >= 15 is 0 Å². The second-order valence-corrected chi connectivity index (χ2v) is 10.2. The topological polar surface area (TPSA) is 105 Å². The van der Waals surface area contributed by atoms with Crippen molar-refractivity contribution in [1.82, 2.24) is 9.80 Å². The molecule has 0 radical (unpaired) electrons. The van der Waals surface area contributed by atoms with Crippen LogP contribution in [-0.4, -0.2) is 78.4 Å². The van der Waals surface area contributed by atoms with Gasteiger partial charge in [0.15, 0.2) is 0 Å². The van der Waals surface area contributed by atoms with Crippen molar-refractivity contribution in [2.45, 2.75) is 144 Å². The van der Waals surface area contributed by atoms with Crippen molar-refractivity contribution in [1.29, 1.82) is 0 Å². The van der Waals surface area contributed by atoms with Crippen molar-refractivity contribution in [3.63, 3.8) is 0 Å². The van der Waals surface area contributed by atoms with Crippen molar-refractivity contribution < 1.29 is 25.2 Å². The molecule has 0 saturated heterocycles. The Balaban J connectivity index is -0.000000907. The van der Waals surface area contributed by atoms with Crippen LogP contribution in [0.1, 0.15) is 131 Å². The smallest absolute Gasteiger partial charge is 0.431 e. The van der Waals surface area contributed by atoms with Gasteiger partial charge in [-0.1, -0.05) is 53.4 Å². The van der Waals surface area contributed by atoms with E-state index < -0.39 is 6.16 Å². The van der Waals surface area contributed by atoms with Gasteiger partial charge in [0.25, 0.3) is 0 Å². The highest BCUT2D eigenvalue weighted by molar-refractivity contribution is 5.85. The standard InChI is InChI=1S/C29H60N2O3.2ClH.2H2O/c1-7-11-21-30(22-12-8-2)25-17-15-19-27(5)33-29(32)34-28(6)20-16-18-26-31(23-13-9-3)24-14-10-4;;;;/h27-28H,7-26H2,1-6H3;2*1H;2*1H2. The molecule has 0 rings (SSSR count). The van der Waals surface area contributed by atoms with Crippen molar-refractivity contribution in [2.24, 2.45) is 0 Å². The Kier molecular flexibility index (Phi) is 43.4. The van der Waals surface area contributed by atoms with Crippen LogP contribution in [0.2, 0.25) is 0 Å². The average molecular weight is 594 g/mol. The van der Waals surface area contributed by atoms with E-state index in [1.807, 2.05) is 13.8 Å². The van der Waals surface area contributed by atoms with Gasteiger partial charge < -0.3 is 30.2 Å². The first-order valence-corrected chi connectivity index (χ1v) is 14.8. The fraction of sp³-hybridized carbons (Fsp3) is 0.966. The van der Waals surface area contributed by atoms with Crippen molar-refractivity contribution in [2.75, 3.05) is 39.3 Å². The summed E-state index contributed by atoms with van der Waals surface area (Å²) in [6.45, 7) is 20.2. The number of carbonyl (C=O) groups excluding carboxylic acids is 1. The lowest BCUT2D eigenvalue weighted by atomic mass is 10.1. The van der Waals surface area contributed by atoms with Gasteiger partial charge in [-0.3, -0.25) is 0 Å². The Morgan fingerprint density at radius 2 is 0.789 bits per heavy atom. The van der Waals surface area contributed by atoms with Gasteiger partial charge in [0.1, 0.15) is 12.2 Å². The van der Waals surface area contributed by atoms with Crippen molar-refractivity contribution in [3.8, 4) is 0 Å². The molecule has 0 aliphatic carbocycles. The number of hydrogen-bond donors (Lipinski definition) is 0. The molecule has 2 unspecified atom stereocenters. The number of rotatable bonds is 24. The lowest BCUT2D eigenvalue weighted by Gasteiger charge is -2.22. The van der Waals surface area contributed by atoms with Crippen LogP contribution in [0.5, 0.6) is 0 Å². The summed E-state index contributed by atoms with van der Waals surface area (Å²) < 4.78 is 11.0. The zero-order valence-corrected chi connectivity index (χ0v) is 27.4. The molecule has 2 atom stereocenters. The van der Waals surface area contributed by atoms with Crippen molar-refractivity contribution >= 4 is 31.0 Å². The predicted molar refractivity (Wildman–Crippen MR) is 168 cm³/mol. The maximum absolute atomic E-state index is 12.2. The molecule has 0 spiro atoms. The summed E-state index contributed by atoms with van der Waals surface area (Å²) in [4.78, 5) is 17.4. The third kappa shape index (κ3) is 30.2. The molecule has 0 aromatic carbocycles. The van der Waals surface area contributed by atoms with Crippen LogP contribution in [0.25, 0.3) is 0 Å². The summed E-state index contributed by atoms with van der Waals surface area (Å²) in [5.74, 6) is 0. The number of unbranched alkanes of at least 4 members (excludes halogenated alkanes) is 6. The number of hydrogen-bond acceptors (Lipinski definition) is 5. The second-order valence-electron chi connectivity index (χ2n) is 10.2. The number of halogens is 2. The summed E-state index contributed by atoms with van der Waals surface area (Å²) in [6, 6.07) is 0. The molecule has 9 heteroatoms. The summed E-state index contributed by atoms with van der Waals surface area (Å²) in [6.07, 6.45) is 15.8. The van der Waals surface area contributed by atoms with E-state index in [9.17, 15) is 4.79 Å². The third-order valence-electron chi connectivity index (χ3n) is 6.58. The lowest BCUT2D eigenvalue weighted by molar-refractivity contribution is 0.00243. The Bertz CT molecular complexity index is 411. The SMILES string of the molecule is CCCCN(CCCC)CCCCC(C)OC(=O)OC(C)CCCCN(CCCC)CCCC.Cl.Cl.O.O. The molecule has 0 bridgehead atoms. The molecular weight excluding hydrogens is 527 g/mol. The zero-order chi connectivity index (χ0) is 25.4. The normalized spacial score (nSPS) is 12.0. The third-order valence-corrected chi connectivity index (χ3v) is 6.58. The number of carbonyl (C=O) groups is 1. The van der Waals surface area contributed by atoms with E-state index in [1.165, 1.54) is 90.4 Å². The molecule has 0 heterocycles. The van der Waals surface area contributed by atoms with E-state index in [0.717, 1.165) is 38.8 Å². The predicted octanol–water partition coefficient (Wildman–Crippen LogP) is 7.26. The maximum atomic E-state index is 12.2. The molecule has 0 aliphatic rings. The van der Waals surface area contributed by atoms with Gasteiger partial charge in [0.2, 0.25) is 0 Å². The van der Waals surface area contributed by atoms with Crippen LogP contribution in [-0.2, 0) is 9.47 Å². The highest BCUT2D eigenvalue weighted by Crippen LogP contribution is 2.11. The highest BCUT2D eigenvalue weighted by atomic mass is 35.5. The van der Waals surface area contributed by atoms with Gasteiger partial charge in [0.05, 0.1) is 0 Å². The van der Waals surface area contributed by atoms with E-state index in [1.54, 1.807) is 0 Å². The van der Waals surface area contributed by atoms with Crippen LogP contribution in [0.4, 0.5) is 4.79 Å². The van der Waals surface area contributed by atoms with E-state index in [-0.39, 0.29) is 48.0 Å². The summed E-state index contributed by atoms with van der Waals surface area (Å²) in [5.41, 5.74) is 0. The molecular formula is C29H66Cl2N2O5. The number of ether oxygens (including phenoxy) is 2. The molecule has 4 N–H and O–H groups in total. The monoisotopic (exact) mass is 592 g/mol. The van der Waals surface area contributed by atoms with Gasteiger partial charge in [-0.05, 0) is 117 Å². The van der Waals surface area contributed by atoms with Gasteiger partial charge in [0, 0.05) is 0 Å². The largest absolute Gasteiger partial charge is 0.508 e. The van der Waals surface area contributed by atoms with E-state index in [4.69, 9.17) is 9.47 Å². The van der Waals surface area contributed by atoms with Gasteiger partial charge >= 0.3 is 6.16 Å². The molecule has 236 valence electrons. The first-order valence-electron chi connectivity index (χ1n) is 14.8. The Morgan fingerprint density at radius 3 is 1.05 bits per heavy atom. The van der Waals surface area contributed by atoms with Gasteiger partial charge in [-0.2, -0.15) is 0 Å². The van der Waals surface area contributed by atoms with Crippen LogP contribution >= 0.6 is 24.8 Å². The van der Waals surface area contributed by atoms with Gasteiger partial charge in [-0.25, -0.2) is 4.79 Å². The Hall–Kier alpha value is -0.310. The summed E-state index contributed by atoms with van der Waals surface area (Å²) in [7, 11) is 0. The van der Waals surface area contributed by atoms with Crippen LogP contribution in [0.15, 0.2) is 0 Å².